The van der Waals surface area contributed by atoms with Gasteiger partial charge in [-0.25, -0.2) is 0 Å². The van der Waals surface area contributed by atoms with Crippen LogP contribution in [0.5, 0.6) is 0 Å². The summed E-state index contributed by atoms with van der Waals surface area (Å²) in [6.45, 7) is 15.9. The van der Waals surface area contributed by atoms with Gasteiger partial charge in [-0.2, -0.15) is 0 Å². The summed E-state index contributed by atoms with van der Waals surface area (Å²) in [5.74, 6) is 1.55. The minimum atomic E-state index is 0.706. The van der Waals surface area contributed by atoms with Gasteiger partial charge in [0.25, 0.3) is 0 Å². The van der Waals surface area contributed by atoms with Crippen LogP contribution in [0.4, 0.5) is 0 Å². The average molecular weight is 210 g/mol. The van der Waals surface area contributed by atoms with E-state index in [1.807, 2.05) is 19.9 Å². The normalized spacial score (nSPS) is 11.1. The second kappa shape index (κ2) is 11.1. The van der Waals surface area contributed by atoms with Gasteiger partial charge in [-0.1, -0.05) is 46.9 Å². The molecule has 0 aromatic carbocycles. The highest BCUT2D eigenvalue weighted by molar-refractivity contribution is 5.26. The molecule has 1 heteroatoms. The first-order chi connectivity index (χ1) is 7.15. The van der Waals surface area contributed by atoms with E-state index in [0.717, 1.165) is 24.2 Å². The molecule has 0 radical (unpaired) electrons. The highest BCUT2D eigenvalue weighted by Crippen LogP contribution is 2.17. The van der Waals surface area contributed by atoms with Gasteiger partial charge in [0.15, 0.2) is 0 Å². The van der Waals surface area contributed by atoms with Gasteiger partial charge in [-0.15, -0.1) is 0 Å². The Hall–Kier alpha value is -0.980. The Kier molecular flexibility index (Phi) is 12.2. The lowest BCUT2D eigenvalue weighted by molar-refractivity contribution is 0.301. The molecule has 0 amide bonds. The quantitative estimate of drug-likeness (QED) is 0.455. The van der Waals surface area contributed by atoms with Crippen molar-refractivity contribution in [2.24, 2.45) is 5.92 Å². The molecule has 0 aliphatic carbocycles. The summed E-state index contributed by atoms with van der Waals surface area (Å²) in [6.07, 6.45) is 5.75. The molecule has 0 N–H and O–H groups in total. The maximum Gasteiger partial charge on any atom is 0.121 e. The minimum absolute atomic E-state index is 0.706. The zero-order valence-electron chi connectivity index (χ0n) is 11.0. The number of allylic oxidation sites excluding steroid dienone is 3. The van der Waals surface area contributed by atoms with Crippen molar-refractivity contribution in [1.29, 1.82) is 0 Å². The largest absolute Gasteiger partial charge is 0.497 e. The van der Waals surface area contributed by atoms with Crippen molar-refractivity contribution in [3.8, 4) is 0 Å². The van der Waals surface area contributed by atoms with Gasteiger partial charge < -0.3 is 4.74 Å². The Morgan fingerprint density at radius 3 is 2.00 bits per heavy atom. The third kappa shape index (κ3) is 8.04. The molecule has 0 aromatic rings. The Bertz CT molecular complexity index is 199. The van der Waals surface area contributed by atoms with Gasteiger partial charge in [0.2, 0.25) is 0 Å². The third-order valence-corrected chi connectivity index (χ3v) is 1.96. The first-order valence-electron chi connectivity index (χ1n) is 5.67. The summed E-state index contributed by atoms with van der Waals surface area (Å²) in [7, 11) is 1.66. The summed E-state index contributed by atoms with van der Waals surface area (Å²) in [4.78, 5) is 0. The van der Waals surface area contributed by atoms with Crippen molar-refractivity contribution >= 4 is 0 Å². The summed E-state index contributed by atoms with van der Waals surface area (Å²) in [5, 5.41) is 0. The van der Waals surface area contributed by atoms with Crippen molar-refractivity contribution < 1.29 is 4.74 Å². The maximum atomic E-state index is 5.18. The molecule has 0 fully saturated rings. The van der Waals surface area contributed by atoms with E-state index in [4.69, 9.17) is 4.74 Å². The van der Waals surface area contributed by atoms with Crippen LogP contribution in [0.2, 0.25) is 0 Å². The fourth-order valence-corrected chi connectivity index (χ4v) is 1.12. The SMILES string of the molecule is C=C/C(CCC(C)C)=C(\C=C)OC.CC. The number of hydrogen-bond donors (Lipinski definition) is 0. The maximum absolute atomic E-state index is 5.18. The first kappa shape index (κ1) is 16.4. The predicted molar refractivity (Wildman–Crippen MR) is 69.8 cm³/mol. The predicted octanol–water partition coefficient (Wildman–Crippen LogP) is 4.72. The van der Waals surface area contributed by atoms with Crippen molar-refractivity contribution in [2.45, 2.75) is 40.5 Å². The van der Waals surface area contributed by atoms with Gasteiger partial charge in [0.1, 0.15) is 5.76 Å². The van der Waals surface area contributed by atoms with Crippen LogP contribution < -0.4 is 0 Å². The van der Waals surface area contributed by atoms with Crippen molar-refractivity contribution in [2.75, 3.05) is 7.11 Å². The van der Waals surface area contributed by atoms with E-state index in [1.54, 1.807) is 13.2 Å². The highest BCUT2D eigenvalue weighted by atomic mass is 16.5. The fourth-order valence-electron chi connectivity index (χ4n) is 1.12. The topological polar surface area (TPSA) is 9.23 Å². The molecule has 0 spiro atoms. The summed E-state index contributed by atoms with van der Waals surface area (Å²) in [6, 6.07) is 0. The van der Waals surface area contributed by atoms with Gasteiger partial charge >= 0.3 is 0 Å². The summed E-state index contributed by atoms with van der Waals surface area (Å²) < 4.78 is 5.18. The smallest absolute Gasteiger partial charge is 0.121 e. The van der Waals surface area contributed by atoms with Crippen molar-refractivity contribution in [3.63, 3.8) is 0 Å². The standard InChI is InChI=1S/C12H20O.C2H6/c1-6-11(9-8-10(3)4)12(7-2)13-5;1-2/h6-7,10H,1-2,8-9H2,3-5H3;1-2H3/b12-11-;. The van der Waals surface area contributed by atoms with E-state index in [-0.39, 0.29) is 0 Å². The van der Waals surface area contributed by atoms with Gasteiger partial charge in [-0.05, 0) is 30.4 Å². The molecule has 88 valence electrons. The molecule has 0 atom stereocenters. The average Bonchev–Trinajstić information content (AvgIpc) is 2.26. The highest BCUT2D eigenvalue weighted by Gasteiger charge is 2.02. The van der Waals surface area contributed by atoms with E-state index in [2.05, 4.69) is 27.0 Å². The second-order valence-corrected chi connectivity index (χ2v) is 3.43. The lowest BCUT2D eigenvalue weighted by Crippen LogP contribution is -1.93. The van der Waals surface area contributed by atoms with Crippen LogP contribution in [0.3, 0.4) is 0 Å². The summed E-state index contributed by atoms with van der Waals surface area (Å²) >= 11 is 0. The van der Waals surface area contributed by atoms with E-state index < -0.39 is 0 Å². The molecule has 1 nitrogen and oxygen atoms in total. The minimum Gasteiger partial charge on any atom is -0.497 e. The molecular weight excluding hydrogens is 184 g/mol. The van der Waals surface area contributed by atoms with Crippen LogP contribution in [0.1, 0.15) is 40.5 Å². The van der Waals surface area contributed by atoms with E-state index >= 15 is 0 Å². The van der Waals surface area contributed by atoms with Crippen LogP contribution in [-0.2, 0) is 4.74 Å². The van der Waals surface area contributed by atoms with Gasteiger partial charge in [0.05, 0.1) is 7.11 Å². The van der Waals surface area contributed by atoms with Crippen LogP contribution in [0.15, 0.2) is 36.6 Å². The van der Waals surface area contributed by atoms with E-state index in [9.17, 15) is 0 Å². The van der Waals surface area contributed by atoms with Crippen LogP contribution >= 0.6 is 0 Å². The Morgan fingerprint density at radius 2 is 1.73 bits per heavy atom. The van der Waals surface area contributed by atoms with Gasteiger partial charge in [-0.3, -0.25) is 0 Å². The first-order valence-corrected chi connectivity index (χ1v) is 5.67. The third-order valence-electron chi connectivity index (χ3n) is 1.96. The Labute approximate surface area is 95.5 Å². The lowest BCUT2D eigenvalue weighted by Gasteiger charge is -2.09. The summed E-state index contributed by atoms with van der Waals surface area (Å²) in [5.41, 5.74) is 1.14. The van der Waals surface area contributed by atoms with Crippen LogP contribution in [-0.4, -0.2) is 7.11 Å². The van der Waals surface area contributed by atoms with E-state index in [0.29, 0.717) is 5.92 Å². The fraction of sp³-hybridized carbons (Fsp3) is 0.571. The monoisotopic (exact) mass is 210 g/mol. The van der Waals surface area contributed by atoms with Gasteiger partial charge in [0, 0.05) is 0 Å². The molecule has 0 saturated heterocycles. The molecule has 0 aromatic heterocycles. The molecular formula is C14H26O. The van der Waals surface area contributed by atoms with E-state index in [1.165, 1.54) is 0 Å². The molecule has 0 bridgehead atoms. The Morgan fingerprint density at radius 1 is 1.20 bits per heavy atom. The zero-order valence-corrected chi connectivity index (χ0v) is 11.0. The number of methoxy groups -OCH3 is 1. The zero-order chi connectivity index (χ0) is 12.3. The Balaban J connectivity index is 0. The van der Waals surface area contributed by atoms with Crippen LogP contribution in [0, 0.1) is 5.92 Å². The van der Waals surface area contributed by atoms with Crippen LogP contribution in [0.25, 0.3) is 0 Å². The van der Waals surface area contributed by atoms with Crippen molar-refractivity contribution in [3.05, 3.63) is 36.6 Å². The van der Waals surface area contributed by atoms with Crippen molar-refractivity contribution in [1.82, 2.24) is 0 Å². The molecule has 0 aliphatic rings. The molecule has 0 saturated carbocycles. The number of hydrogen-bond acceptors (Lipinski definition) is 1. The molecule has 0 unspecified atom stereocenters. The molecule has 15 heavy (non-hydrogen) atoms. The molecule has 0 rings (SSSR count). The molecule has 0 aliphatic heterocycles. The second-order valence-electron chi connectivity index (χ2n) is 3.43. The lowest BCUT2D eigenvalue weighted by atomic mass is 10.0. The number of rotatable bonds is 6. The molecule has 0 heterocycles. The number of ether oxygens (including phenoxy) is 1.